The Morgan fingerprint density at radius 3 is 2.00 bits per heavy atom. The van der Waals surface area contributed by atoms with Gasteiger partial charge in [-0.2, -0.15) is 0 Å². The third kappa shape index (κ3) is 4.41. The molecule has 0 bridgehead atoms. The first-order valence-corrected chi connectivity index (χ1v) is 17.5. The summed E-state index contributed by atoms with van der Waals surface area (Å²) in [5.74, 6) is 0. The molecule has 0 spiro atoms. The second-order valence-corrected chi connectivity index (χ2v) is 13.4. The molecule has 0 amide bonds. The number of para-hydroxylation sites is 1. The maximum atomic E-state index is 5.33. The summed E-state index contributed by atoms with van der Waals surface area (Å²) in [6, 6.07) is 56.0. The molecule has 52 heavy (non-hydrogen) atoms. The van der Waals surface area contributed by atoms with Crippen molar-refractivity contribution in [2.75, 3.05) is 0 Å². The number of hydrogen-bond acceptors (Lipinski definition) is 4. The highest BCUT2D eigenvalue weighted by molar-refractivity contribution is 6.16. The van der Waals surface area contributed by atoms with Gasteiger partial charge in [-0.25, -0.2) is 9.97 Å². The standard InChI is InChI=1S/C48H28N4/c1-2-7-30(8-3-1)44-39-10-4-5-11-43(39)52-48-40(44)22-17-32-19-23-42(51-46(32)48)35-15-13-29-12-14-33-27-34(18-20-36(33)41(29)28-35)37-24-26-50-47-38(37)21-16-31-9-6-25-49-45(31)47/h1-28H. The van der Waals surface area contributed by atoms with E-state index in [-0.39, 0.29) is 0 Å². The largest absolute Gasteiger partial charge is 0.254 e. The molecule has 0 N–H and O–H groups in total. The lowest BCUT2D eigenvalue weighted by molar-refractivity contribution is 1.37. The van der Waals surface area contributed by atoms with Gasteiger partial charge < -0.3 is 0 Å². The smallest absolute Gasteiger partial charge is 0.0978 e. The lowest BCUT2D eigenvalue weighted by atomic mass is 9.94. The van der Waals surface area contributed by atoms with Crippen LogP contribution in [-0.2, 0) is 0 Å². The minimum absolute atomic E-state index is 0.910. The van der Waals surface area contributed by atoms with Gasteiger partial charge in [0.15, 0.2) is 0 Å². The quantitative estimate of drug-likeness (QED) is 0.140. The van der Waals surface area contributed by atoms with Gasteiger partial charge in [-0.15, -0.1) is 0 Å². The van der Waals surface area contributed by atoms with E-state index in [0.29, 0.717) is 0 Å². The molecule has 11 rings (SSSR count). The summed E-state index contributed by atoms with van der Waals surface area (Å²) < 4.78 is 0. The summed E-state index contributed by atoms with van der Waals surface area (Å²) in [6.07, 6.45) is 3.73. The fraction of sp³-hybridized carbons (Fsp3) is 0. The Hall–Kier alpha value is -7.04. The highest BCUT2D eigenvalue weighted by Crippen LogP contribution is 2.39. The molecule has 4 aromatic heterocycles. The van der Waals surface area contributed by atoms with Crippen LogP contribution in [0, 0.1) is 0 Å². The number of pyridine rings is 4. The summed E-state index contributed by atoms with van der Waals surface area (Å²) in [5.41, 5.74) is 11.3. The molecule has 0 aliphatic rings. The van der Waals surface area contributed by atoms with E-state index >= 15 is 0 Å². The average molecular weight is 661 g/mol. The lowest BCUT2D eigenvalue weighted by Gasteiger charge is -2.13. The van der Waals surface area contributed by atoms with Crippen LogP contribution in [0.15, 0.2) is 170 Å². The molecule has 0 atom stereocenters. The first-order chi connectivity index (χ1) is 25.8. The molecule has 0 aliphatic carbocycles. The Morgan fingerprint density at radius 2 is 1.06 bits per heavy atom. The van der Waals surface area contributed by atoms with Gasteiger partial charge in [-0.05, 0) is 74.6 Å². The van der Waals surface area contributed by atoms with Crippen molar-refractivity contribution < 1.29 is 0 Å². The van der Waals surface area contributed by atoms with E-state index in [2.05, 4.69) is 157 Å². The van der Waals surface area contributed by atoms with Gasteiger partial charge in [0, 0.05) is 50.5 Å². The van der Waals surface area contributed by atoms with Crippen LogP contribution in [0.3, 0.4) is 0 Å². The van der Waals surface area contributed by atoms with Crippen molar-refractivity contribution in [1.82, 2.24) is 19.9 Å². The maximum Gasteiger partial charge on any atom is 0.0978 e. The van der Waals surface area contributed by atoms with E-state index < -0.39 is 0 Å². The average Bonchev–Trinajstić information content (AvgIpc) is 3.22. The summed E-state index contributed by atoms with van der Waals surface area (Å²) in [5, 5.41) is 10.3. The van der Waals surface area contributed by atoms with Crippen molar-refractivity contribution in [1.29, 1.82) is 0 Å². The zero-order valence-electron chi connectivity index (χ0n) is 28.0. The molecular weight excluding hydrogens is 633 g/mol. The van der Waals surface area contributed by atoms with Gasteiger partial charge in [0.1, 0.15) is 0 Å². The molecule has 0 saturated carbocycles. The third-order valence-corrected chi connectivity index (χ3v) is 10.5. The monoisotopic (exact) mass is 660 g/mol. The van der Waals surface area contributed by atoms with Crippen LogP contribution in [0.2, 0.25) is 0 Å². The molecule has 0 unspecified atom stereocenters. The van der Waals surface area contributed by atoms with Crippen LogP contribution in [-0.4, -0.2) is 19.9 Å². The molecule has 11 aromatic rings. The SMILES string of the molecule is c1ccc(-c2c3ccccc3nc3c2ccc2ccc(-c4ccc5ccc6cc(-c7ccnc8c7ccc7cccnc78)ccc6c5c4)nc23)cc1. The lowest BCUT2D eigenvalue weighted by Crippen LogP contribution is -1.93. The van der Waals surface area contributed by atoms with Crippen molar-refractivity contribution in [3.8, 4) is 33.5 Å². The molecule has 0 aliphatic heterocycles. The molecule has 4 heterocycles. The van der Waals surface area contributed by atoms with Gasteiger partial charge in [-0.3, -0.25) is 9.97 Å². The summed E-state index contributed by atoms with van der Waals surface area (Å²) in [4.78, 5) is 19.9. The van der Waals surface area contributed by atoms with Crippen LogP contribution in [0.4, 0.5) is 0 Å². The topological polar surface area (TPSA) is 51.6 Å². The minimum Gasteiger partial charge on any atom is -0.254 e. The van der Waals surface area contributed by atoms with Crippen molar-refractivity contribution in [3.05, 3.63) is 170 Å². The summed E-state index contributed by atoms with van der Waals surface area (Å²) >= 11 is 0. The Labute approximate surface area is 298 Å². The van der Waals surface area contributed by atoms with Gasteiger partial charge >= 0.3 is 0 Å². The third-order valence-electron chi connectivity index (χ3n) is 10.5. The van der Waals surface area contributed by atoms with E-state index in [1.165, 1.54) is 32.7 Å². The van der Waals surface area contributed by atoms with Gasteiger partial charge in [-0.1, -0.05) is 121 Å². The number of hydrogen-bond donors (Lipinski definition) is 0. The molecule has 0 saturated heterocycles. The molecule has 4 heteroatoms. The van der Waals surface area contributed by atoms with Crippen LogP contribution in [0.25, 0.3) is 110 Å². The van der Waals surface area contributed by atoms with E-state index in [1.54, 1.807) is 0 Å². The molecule has 7 aromatic carbocycles. The van der Waals surface area contributed by atoms with Crippen LogP contribution in [0.5, 0.6) is 0 Å². The Bertz CT molecular complexity index is 3240. The second kappa shape index (κ2) is 11.2. The predicted octanol–water partition coefficient (Wildman–Crippen LogP) is 12.3. The van der Waals surface area contributed by atoms with Crippen molar-refractivity contribution in [2.45, 2.75) is 0 Å². The van der Waals surface area contributed by atoms with Crippen molar-refractivity contribution in [2.24, 2.45) is 0 Å². The van der Waals surface area contributed by atoms with Crippen molar-refractivity contribution >= 4 is 76.1 Å². The fourth-order valence-corrected chi connectivity index (χ4v) is 8.01. The van der Waals surface area contributed by atoms with Crippen LogP contribution in [0.1, 0.15) is 0 Å². The van der Waals surface area contributed by atoms with Gasteiger partial charge in [0.2, 0.25) is 0 Å². The zero-order chi connectivity index (χ0) is 34.2. The van der Waals surface area contributed by atoms with Crippen LogP contribution >= 0.6 is 0 Å². The van der Waals surface area contributed by atoms with Gasteiger partial charge in [0.25, 0.3) is 0 Å². The van der Waals surface area contributed by atoms with Gasteiger partial charge in [0.05, 0.1) is 33.3 Å². The van der Waals surface area contributed by atoms with Crippen molar-refractivity contribution in [3.63, 3.8) is 0 Å². The number of benzene rings is 7. The van der Waals surface area contributed by atoms with E-state index in [9.17, 15) is 0 Å². The fourth-order valence-electron chi connectivity index (χ4n) is 8.01. The number of aromatic nitrogens is 4. The second-order valence-electron chi connectivity index (χ2n) is 13.4. The normalized spacial score (nSPS) is 11.8. The predicted molar refractivity (Wildman–Crippen MR) is 216 cm³/mol. The highest BCUT2D eigenvalue weighted by Gasteiger charge is 2.16. The number of rotatable bonds is 3. The Morgan fingerprint density at radius 1 is 0.327 bits per heavy atom. The molecule has 240 valence electrons. The first-order valence-electron chi connectivity index (χ1n) is 17.5. The summed E-state index contributed by atoms with van der Waals surface area (Å²) in [6.45, 7) is 0. The zero-order valence-corrected chi connectivity index (χ0v) is 28.0. The summed E-state index contributed by atoms with van der Waals surface area (Å²) in [7, 11) is 0. The maximum absolute atomic E-state index is 5.33. The highest BCUT2D eigenvalue weighted by atomic mass is 14.8. The minimum atomic E-state index is 0.910. The van der Waals surface area contributed by atoms with E-state index in [4.69, 9.17) is 15.0 Å². The molecule has 4 nitrogen and oxygen atoms in total. The molecule has 0 radical (unpaired) electrons. The number of nitrogens with zero attached hydrogens (tertiary/aromatic N) is 4. The van der Waals surface area contributed by atoms with E-state index in [0.717, 1.165) is 76.9 Å². The molecular formula is C48H28N4. The molecule has 0 fully saturated rings. The Balaban J connectivity index is 1.07. The van der Waals surface area contributed by atoms with Crippen LogP contribution < -0.4 is 0 Å². The Kier molecular flexibility index (Phi) is 6.22. The number of fused-ring (bicyclic) bond motifs is 10. The van der Waals surface area contributed by atoms with E-state index in [1.807, 2.05) is 18.5 Å². The first kappa shape index (κ1) is 28.8.